The molecule has 1 aromatic heterocycles. The van der Waals surface area contributed by atoms with Crippen molar-refractivity contribution in [2.75, 3.05) is 12.4 Å². The van der Waals surface area contributed by atoms with Crippen molar-refractivity contribution in [3.63, 3.8) is 0 Å². The van der Waals surface area contributed by atoms with Gasteiger partial charge in [-0.3, -0.25) is 4.79 Å². The minimum atomic E-state index is -0.183. The van der Waals surface area contributed by atoms with Gasteiger partial charge >= 0.3 is 0 Å². The van der Waals surface area contributed by atoms with Crippen LogP contribution in [0.2, 0.25) is 0 Å². The topological polar surface area (TPSA) is 67.0 Å². The van der Waals surface area contributed by atoms with Crippen molar-refractivity contribution < 1.29 is 4.74 Å². The van der Waals surface area contributed by atoms with Gasteiger partial charge in [0.25, 0.3) is 5.56 Å². The Bertz CT molecular complexity index is 357. The molecule has 0 aliphatic heterocycles. The highest BCUT2D eigenvalue weighted by Gasteiger charge is 2.28. The summed E-state index contributed by atoms with van der Waals surface area (Å²) in [6.45, 7) is 0. The monoisotopic (exact) mass is 195 g/mol. The average Bonchev–Trinajstić information content (AvgIpc) is 2.10. The van der Waals surface area contributed by atoms with Crippen LogP contribution in [0, 0.1) is 0 Å². The normalized spacial score (nSPS) is 25.5. The summed E-state index contributed by atoms with van der Waals surface area (Å²) in [5.74, 6) is 0. The molecule has 1 fully saturated rings. The smallest absolute Gasteiger partial charge is 0.266 e. The molecule has 5 nitrogen and oxygen atoms in total. The molecule has 0 amide bonds. The lowest BCUT2D eigenvalue weighted by atomic mass is 9.89. The van der Waals surface area contributed by atoms with Gasteiger partial charge in [-0.25, -0.2) is 5.10 Å². The molecule has 76 valence electrons. The van der Waals surface area contributed by atoms with E-state index in [1.807, 2.05) is 0 Å². The van der Waals surface area contributed by atoms with E-state index in [-0.39, 0.29) is 5.56 Å². The van der Waals surface area contributed by atoms with Crippen LogP contribution >= 0.6 is 0 Å². The van der Waals surface area contributed by atoms with Crippen LogP contribution in [0.15, 0.2) is 17.1 Å². The first kappa shape index (κ1) is 9.21. The zero-order valence-corrected chi connectivity index (χ0v) is 7.99. The zero-order chi connectivity index (χ0) is 9.97. The second kappa shape index (κ2) is 3.79. The molecule has 2 N–H and O–H groups in total. The number of nitrogens with zero attached hydrogens (tertiary/aromatic N) is 1. The Morgan fingerprint density at radius 2 is 2.43 bits per heavy atom. The summed E-state index contributed by atoms with van der Waals surface area (Å²) in [6, 6.07) is 1.91. The van der Waals surface area contributed by atoms with Gasteiger partial charge in [0.1, 0.15) is 0 Å². The Balaban J connectivity index is 1.90. The fourth-order valence-corrected chi connectivity index (χ4v) is 1.57. The molecule has 0 unspecified atom stereocenters. The summed E-state index contributed by atoms with van der Waals surface area (Å²) in [6.07, 6.45) is 3.95. The number of ether oxygens (including phenoxy) is 1. The van der Waals surface area contributed by atoms with Crippen molar-refractivity contribution in [2.24, 2.45) is 0 Å². The molecule has 5 heteroatoms. The first-order chi connectivity index (χ1) is 6.78. The molecule has 1 heterocycles. The van der Waals surface area contributed by atoms with Crippen LogP contribution in [0.25, 0.3) is 0 Å². The molecule has 0 spiro atoms. The third-order valence-corrected chi connectivity index (χ3v) is 2.46. The summed E-state index contributed by atoms with van der Waals surface area (Å²) in [5.41, 5.74) is 0.589. The summed E-state index contributed by atoms with van der Waals surface area (Å²) < 4.78 is 5.15. The van der Waals surface area contributed by atoms with Gasteiger partial charge in [0, 0.05) is 19.2 Å². The van der Waals surface area contributed by atoms with E-state index in [1.165, 1.54) is 6.07 Å². The maximum atomic E-state index is 10.9. The number of rotatable bonds is 3. The SMILES string of the molecule is COC1CC(Nc2cn[nH]c(=O)c2)C1. The lowest BCUT2D eigenvalue weighted by Gasteiger charge is -2.35. The molecule has 0 aromatic carbocycles. The van der Waals surface area contributed by atoms with Gasteiger partial charge in [-0.2, -0.15) is 5.10 Å². The van der Waals surface area contributed by atoms with Gasteiger partial charge < -0.3 is 10.1 Å². The minimum Gasteiger partial charge on any atom is -0.381 e. The lowest BCUT2D eigenvalue weighted by Crippen LogP contribution is -2.40. The molecule has 2 rings (SSSR count). The number of nitrogens with one attached hydrogen (secondary N) is 2. The number of anilines is 1. The van der Waals surface area contributed by atoms with Crippen molar-refractivity contribution in [1.82, 2.24) is 10.2 Å². The Hall–Kier alpha value is -1.36. The van der Waals surface area contributed by atoms with E-state index in [0.29, 0.717) is 12.1 Å². The van der Waals surface area contributed by atoms with Crippen LogP contribution in [-0.2, 0) is 4.74 Å². The number of aromatic nitrogens is 2. The fraction of sp³-hybridized carbons (Fsp3) is 0.556. The first-order valence-corrected chi connectivity index (χ1v) is 4.62. The van der Waals surface area contributed by atoms with Crippen LogP contribution < -0.4 is 10.9 Å². The molecule has 14 heavy (non-hydrogen) atoms. The molecule has 0 radical (unpaired) electrons. The Morgan fingerprint density at radius 1 is 1.64 bits per heavy atom. The Kier molecular flexibility index (Phi) is 2.49. The first-order valence-electron chi connectivity index (χ1n) is 4.62. The van der Waals surface area contributed by atoms with Gasteiger partial charge in [-0.05, 0) is 12.8 Å². The third kappa shape index (κ3) is 1.93. The van der Waals surface area contributed by atoms with Crippen LogP contribution in [0.1, 0.15) is 12.8 Å². The molecule has 1 aromatic rings. The van der Waals surface area contributed by atoms with Crippen molar-refractivity contribution in [1.29, 1.82) is 0 Å². The largest absolute Gasteiger partial charge is 0.381 e. The second-order valence-electron chi connectivity index (χ2n) is 3.50. The van der Waals surface area contributed by atoms with Gasteiger partial charge in [0.15, 0.2) is 0 Å². The zero-order valence-electron chi connectivity index (χ0n) is 7.99. The van der Waals surface area contributed by atoms with Crippen molar-refractivity contribution in [2.45, 2.75) is 25.0 Å². The predicted molar refractivity (Wildman–Crippen MR) is 52.3 cm³/mol. The van der Waals surface area contributed by atoms with Crippen molar-refractivity contribution >= 4 is 5.69 Å². The summed E-state index contributed by atoms with van der Waals surface area (Å²) >= 11 is 0. The molecule has 1 saturated carbocycles. The summed E-state index contributed by atoms with van der Waals surface area (Å²) in [4.78, 5) is 10.9. The van der Waals surface area contributed by atoms with Crippen LogP contribution in [0.3, 0.4) is 0 Å². The number of hydrogen-bond acceptors (Lipinski definition) is 4. The number of hydrogen-bond donors (Lipinski definition) is 2. The van der Waals surface area contributed by atoms with E-state index in [4.69, 9.17) is 4.74 Å². The van der Waals surface area contributed by atoms with E-state index in [0.717, 1.165) is 18.5 Å². The molecular weight excluding hydrogens is 182 g/mol. The fourth-order valence-electron chi connectivity index (χ4n) is 1.57. The van der Waals surface area contributed by atoms with Gasteiger partial charge in [0.05, 0.1) is 18.0 Å². The van der Waals surface area contributed by atoms with Crippen LogP contribution in [0.4, 0.5) is 5.69 Å². The number of H-pyrrole nitrogens is 1. The van der Waals surface area contributed by atoms with Crippen molar-refractivity contribution in [3.8, 4) is 0 Å². The standard InChI is InChI=1S/C9H13N3O2/c1-14-8-2-6(3-8)11-7-4-9(13)12-10-5-7/h4-6,8H,2-3H2,1H3,(H2,11,12,13). The van der Waals surface area contributed by atoms with E-state index < -0.39 is 0 Å². The Labute approximate surface area is 81.5 Å². The van der Waals surface area contributed by atoms with Gasteiger partial charge in [-0.1, -0.05) is 0 Å². The highest BCUT2D eigenvalue weighted by atomic mass is 16.5. The van der Waals surface area contributed by atoms with E-state index in [9.17, 15) is 4.79 Å². The lowest BCUT2D eigenvalue weighted by molar-refractivity contribution is 0.0328. The number of aromatic amines is 1. The average molecular weight is 195 g/mol. The van der Waals surface area contributed by atoms with Crippen LogP contribution in [-0.4, -0.2) is 29.5 Å². The Morgan fingerprint density at radius 3 is 3.07 bits per heavy atom. The molecule has 0 bridgehead atoms. The molecule has 0 atom stereocenters. The number of methoxy groups -OCH3 is 1. The molecular formula is C9H13N3O2. The maximum Gasteiger partial charge on any atom is 0.266 e. The van der Waals surface area contributed by atoms with Gasteiger partial charge in [-0.15, -0.1) is 0 Å². The van der Waals surface area contributed by atoms with Crippen molar-refractivity contribution in [3.05, 3.63) is 22.6 Å². The van der Waals surface area contributed by atoms with Gasteiger partial charge in [0.2, 0.25) is 0 Å². The predicted octanol–water partition coefficient (Wildman–Crippen LogP) is 0.359. The summed E-state index contributed by atoms with van der Waals surface area (Å²) in [7, 11) is 1.72. The minimum absolute atomic E-state index is 0.183. The van der Waals surface area contributed by atoms with E-state index in [1.54, 1.807) is 13.3 Å². The quantitative estimate of drug-likeness (QED) is 0.730. The highest BCUT2D eigenvalue weighted by Crippen LogP contribution is 2.25. The van der Waals surface area contributed by atoms with E-state index in [2.05, 4.69) is 15.5 Å². The molecule has 1 aliphatic carbocycles. The molecule has 1 aliphatic rings. The van der Waals surface area contributed by atoms with Crippen LogP contribution in [0.5, 0.6) is 0 Å². The highest BCUT2D eigenvalue weighted by molar-refractivity contribution is 5.40. The summed E-state index contributed by atoms with van der Waals surface area (Å²) in [5, 5.41) is 9.26. The maximum absolute atomic E-state index is 10.9. The molecule has 0 saturated heterocycles. The van der Waals surface area contributed by atoms with E-state index >= 15 is 0 Å². The third-order valence-electron chi connectivity index (χ3n) is 2.46. The second-order valence-corrected chi connectivity index (χ2v) is 3.50.